The van der Waals surface area contributed by atoms with Crippen molar-refractivity contribution in [3.8, 4) is 28.2 Å². The molecule has 50 heavy (non-hydrogen) atoms. The van der Waals surface area contributed by atoms with Gasteiger partial charge in [0.2, 0.25) is 0 Å². The molecule has 5 aromatic carbocycles. The number of hydrogen-bond acceptors (Lipinski definition) is 1. The minimum Gasteiger partial charge on any atom is -0.455 e. The van der Waals surface area contributed by atoms with Gasteiger partial charge in [0.1, 0.15) is 16.8 Å². The van der Waals surface area contributed by atoms with E-state index in [0.29, 0.717) is 0 Å². The molecule has 0 bridgehead atoms. The van der Waals surface area contributed by atoms with E-state index in [-0.39, 0.29) is 22.7 Å². The van der Waals surface area contributed by atoms with Gasteiger partial charge in [0.05, 0.1) is 7.05 Å². The molecule has 2 aromatic heterocycles. The molecule has 7 aromatic rings. The summed E-state index contributed by atoms with van der Waals surface area (Å²) in [6.07, 6.45) is 0. The van der Waals surface area contributed by atoms with Gasteiger partial charge in [-0.05, 0) is 87.7 Å². The van der Waals surface area contributed by atoms with Crippen LogP contribution in [0.5, 0.6) is 0 Å². The minimum atomic E-state index is 0.0426. The lowest BCUT2D eigenvalue weighted by Crippen LogP contribution is -2.30. The Morgan fingerprint density at radius 2 is 1.20 bits per heavy atom. The normalized spacial score (nSPS) is 12.8. The molecule has 0 aliphatic heterocycles. The van der Waals surface area contributed by atoms with E-state index < -0.39 is 0 Å². The van der Waals surface area contributed by atoms with Crippen LogP contribution in [0.1, 0.15) is 109 Å². The largest absolute Gasteiger partial charge is 0.455 e. The average molecular weight is 662 g/mol. The van der Waals surface area contributed by atoms with Gasteiger partial charge < -0.3 is 4.42 Å². The first-order chi connectivity index (χ1) is 23.6. The monoisotopic (exact) mass is 661 g/mol. The molecule has 0 aliphatic carbocycles. The molecule has 0 N–H and O–H groups in total. The topological polar surface area (TPSA) is 21.9 Å². The van der Waals surface area contributed by atoms with Gasteiger partial charge in [-0.25, -0.2) is 4.57 Å². The maximum absolute atomic E-state index is 6.74. The number of rotatable bonds is 5. The smallest absolute Gasteiger partial charge is 0.299 e. The number of fused-ring (bicyclic) bond motifs is 4. The summed E-state index contributed by atoms with van der Waals surface area (Å²) in [7, 11) is 2.21. The van der Waals surface area contributed by atoms with Crippen molar-refractivity contribution in [2.75, 3.05) is 0 Å². The Morgan fingerprint density at radius 1 is 0.640 bits per heavy atom. The molecule has 0 fully saturated rings. The molecule has 0 radical (unpaired) electrons. The molecule has 256 valence electrons. The summed E-state index contributed by atoms with van der Waals surface area (Å²) in [6.45, 7) is 25.5. The van der Waals surface area contributed by atoms with E-state index in [4.69, 9.17) is 4.42 Å². The third-order valence-corrected chi connectivity index (χ3v) is 10.6. The Labute approximate surface area is 298 Å². The van der Waals surface area contributed by atoms with Gasteiger partial charge >= 0.3 is 0 Å². The van der Waals surface area contributed by atoms with Gasteiger partial charge in [0, 0.05) is 21.9 Å². The number of para-hydroxylation sites is 3. The van der Waals surface area contributed by atoms with Crippen LogP contribution in [0.3, 0.4) is 0 Å². The highest BCUT2D eigenvalue weighted by molar-refractivity contribution is 6.09. The predicted molar refractivity (Wildman–Crippen MR) is 213 cm³/mol. The molecule has 0 saturated heterocycles. The van der Waals surface area contributed by atoms with Crippen molar-refractivity contribution in [3.63, 3.8) is 0 Å². The first-order valence-electron chi connectivity index (χ1n) is 18.3. The molecule has 0 amide bonds. The van der Waals surface area contributed by atoms with Crippen molar-refractivity contribution in [2.24, 2.45) is 7.05 Å². The first-order valence-corrected chi connectivity index (χ1v) is 18.3. The van der Waals surface area contributed by atoms with Gasteiger partial charge in [0.25, 0.3) is 5.82 Å². The molecule has 2 heterocycles. The number of furan rings is 1. The SMILES string of the molecule is Cc1ccc2c(oc3ccccc32)c1-c1n(-c2c(C(C)C)cc(-c3cc(C(C)(C)C)cc(C(C)(C)C)c3)cc2C(C)C)c2ccccc2[n+]1C. The molecule has 0 unspecified atom stereocenters. The zero-order valence-electron chi connectivity index (χ0n) is 32.1. The zero-order chi connectivity index (χ0) is 35.9. The predicted octanol–water partition coefficient (Wildman–Crippen LogP) is 12.8. The van der Waals surface area contributed by atoms with Crippen LogP contribution >= 0.6 is 0 Å². The lowest BCUT2D eigenvalue weighted by atomic mass is 9.78. The van der Waals surface area contributed by atoms with Gasteiger partial charge in [-0.15, -0.1) is 0 Å². The van der Waals surface area contributed by atoms with Crippen molar-refractivity contribution >= 4 is 33.0 Å². The maximum Gasteiger partial charge on any atom is 0.299 e. The molecular weight excluding hydrogens is 609 g/mol. The maximum atomic E-state index is 6.74. The summed E-state index contributed by atoms with van der Waals surface area (Å²) in [5.74, 6) is 1.71. The van der Waals surface area contributed by atoms with Gasteiger partial charge in [-0.3, -0.25) is 0 Å². The van der Waals surface area contributed by atoms with Crippen molar-refractivity contribution in [1.82, 2.24) is 4.57 Å². The first kappa shape index (κ1) is 33.8. The van der Waals surface area contributed by atoms with Crippen LogP contribution in [0.25, 0.3) is 61.2 Å². The van der Waals surface area contributed by atoms with Crippen LogP contribution in [0.2, 0.25) is 0 Å². The summed E-state index contributed by atoms with van der Waals surface area (Å²) in [5.41, 5.74) is 16.0. The second-order valence-electron chi connectivity index (χ2n) is 17.1. The molecule has 3 nitrogen and oxygen atoms in total. The lowest BCUT2D eigenvalue weighted by Gasteiger charge is -2.27. The number of hydrogen-bond donors (Lipinski definition) is 0. The summed E-state index contributed by atoms with van der Waals surface area (Å²) in [5, 5.41) is 2.30. The highest BCUT2D eigenvalue weighted by Gasteiger charge is 2.34. The zero-order valence-corrected chi connectivity index (χ0v) is 32.1. The van der Waals surface area contributed by atoms with E-state index in [1.54, 1.807) is 0 Å². The third kappa shape index (κ3) is 5.56. The van der Waals surface area contributed by atoms with Gasteiger partial charge in [0.15, 0.2) is 16.6 Å². The average Bonchev–Trinajstić information content (AvgIpc) is 3.58. The second-order valence-corrected chi connectivity index (χ2v) is 17.1. The number of benzene rings is 5. The lowest BCUT2D eigenvalue weighted by molar-refractivity contribution is -0.633. The molecule has 0 atom stereocenters. The fourth-order valence-corrected chi connectivity index (χ4v) is 7.63. The molecule has 3 heteroatoms. The van der Waals surface area contributed by atoms with Gasteiger partial charge in [-0.1, -0.05) is 130 Å². The molecule has 0 aliphatic rings. The fourth-order valence-electron chi connectivity index (χ4n) is 7.63. The number of aromatic nitrogens is 2. The standard InChI is InChI=1S/C47H53N2O/c1-28(2)37-25-32(31-23-33(46(6,7)8)27-34(24-31)47(9,10)11)26-38(29(3)4)43(37)49-40-19-15-14-18-39(40)48(12)45(49)42-30(5)21-22-36-35-17-13-16-20-41(35)50-44(36)42/h13-29H,1-12H3/q+1. The van der Waals surface area contributed by atoms with Crippen molar-refractivity contribution < 1.29 is 8.98 Å². The van der Waals surface area contributed by atoms with Crippen LogP contribution in [-0.2, 0) is 17.9 Å². The highest BCUT2D eigenvalue weighted by atomic mass is 16.3. The Hall–Kier alpha value is -4.63. The van der Waals surface area contributed by atoms with Crippen LogP contribution in [0.4, 0.5) is 0 Å². The quantitative estimate of drug-likeness (QED) is 0.168. The van der Waals surface area contributed by atoms with Crippen LogP contribution < -0.4 is 4.57 Å². The minimum absolute atomic E-state index is 0.0426. The van der Waals surface area contributed by atoms with Crippen molar-refractivity contribution in [2.45, 2.75) is 98.8 Å². The van der Waals surface area contributed by atoms with E-state index in [1.807, 2.05) is 0 Å². The van der Waals surface area contributed by atoms with Crippen molar-refractivity contribution in [1.29, 1.82) is 0 Å². The number of nitrogens with zero attached hydrogens (tertiary/aromatic N) is 2. The summed E-state index contributed by atoms with van der Waals surface area (Å²) in [6, 6.07) is 34.0. The van der Waals surface area contributed by atoms with Crippen LogP contribution in [0, 0.1) is 6.92 Å². The Kier molecular flexibility index (Phi) is 8.13. The van der Waals surface area contributed by atoms with Gasteiger partial charge in [-0.2, -0.15) is 4.57 Å². The Bertz CT molecular complexity index is 2360. The number of imidazole rings is 1. The van der Waals surface area contributed by atoms with E-state index >= 15 is 0 Å². The summed E-state index contributed by atoms with van der Waals surface area (Å²) in [4.78, 5) is 0. The molecule has 7 rings (SSSR count). The molecule has 0 spiro atoms. The van der Waals surface area contributed by atoms with Crippen molar-refractivity contribution in [3.05, 3.63) is 119 Å². The summed E-state index contributed by atoms with van der Waals surface area (Å²) < 4.78 is 11.7. The summed E-state index contributed by atoms with van der Waals surface area (Å²) >= 11 is 0. The van der Waals surface area contributed by atoms with Crippen LogP contribution in [0.15, 0.2) is 95.4 Å². The Balaban J connectivity index is 1.60. The Morgan fingerprint density at radius 3 is 1.80 bits per heavy atom. The molecule has 0 saturated carbocycles. The van der Waals surface area contributed by atoms with E-state index in [9.17, 15) is 0 Å². The highest BCUT2D eigenvalue weighted by Crippen LogP contribution is 2.44. The second kappa shape index (κ2) is 12.0. The van der Waals surface area contributed by atoms with E-state index in [1.165, 1.54) is 55.7 Å². The van der Waals surface area contributed by atoms with E-state index in [2.05, 4.69) is 183 Å². The van der Waals surface area contributed by atoms with E-state index in [0.717, 1.165) is 33.3 Å². The fraction of sp³-hybridized carbons (Fsp3) is 0.340. The number of aryl methyl sites for hydroxylation is 2. The molecular formula is C47H53N2O+. The van der Waals surface area contributed by atoms with Crippen LogP contribution in [-0.4, -0.2) is 4.57 Å². The third-order valence-electron chi connectivity index (χ3n) is 10.6.